The molecule has 2 heterocycles. The van der Waals surface area contributed by atoms with Gasteiger partial charge in [-0.2, -0.15) is 0 Å². The summed E-state index contributed by atoms with van der Waals surface area (Å²) in [5.41, 5.74) is 10.6. The zero-order valence-corrected chi connectivity index (χ0v) is 13.7. The predicted octanol–water partition coefficient (Wildman–Crippen LogP) is 4.01. The molecule has 0 atom stereocenters. The van der Waals surface area contributed by atoms with Gasteiger partial charge in [0.05, 0.1) is 28.7 Å². The first-order valence-corrected chi connectivity index (χ1v) is 8.18. The van der Waals surface area contributed by atoms with Crippen molar-refractivity contribution in [2.75, 3.05) is 12.8 Å². The quantitative estimate of drug-likeness (QED) is 0.613. The van der Waals surface area contributed by atoms with Crippen LogP contribution in [0.4, 0.5) is 5.13 Å². The molecule has 0 saturated carbocycles. The van der Waals surface area contributed by atoms with Crippen LogP contribution < -0.4 is 10.5 Å². The smallest absolute Gasteiger partial charge is 0.181 e. The highest BCUT2D eigenvalue weighted by Crippen LogP contribution is 2.38. The van der Waals surface area contributed by atoms with Crippen molar-refractivity contribution in [2.45, 2.75) is 0 Å². The average Bonchev–Trinajstić information content (AvgIpc) is 3.03. The second-order valence-electron chi connectivity index (χ2n) is 5.22. The maximum atomic E-state index is 5.98. The van der Waals surface area contributed by atoms with Gasteiger partial charge in [-0.25, -0.2) is 4.98 Å². The minimum atomic E-state index is 0.537. The molecule has 2 aromatic heterocycles. The molecule has 0 spiro atoms. The van der Waals surface area contributed by atoms with Crippen LogP contribution in [-0.4, -0.2) is 22.1 Å². The normalized spacial score (nSPS) is 10.9. The lowest BCUT2D eigenvalue weighted by Crippen LogP contribution is -1.87. The zero-order valence-electron chi connectivity index (χ0n) is 12.9. The Morgan fingerprint density at radius 3 is 2.38 bits per heavy atom. The summed E-state index contributed by atoms with van der Waals surface area (Å²) in [4.78, 5) is 14.2. The van der Waals surface area contributed by atoms with Gasteiger partial charge in [-0.05, 0) is 42.0 Å². The lowest BCUT2D eigenvalue weighted by Gasteiger charge is -2.05. The van der Waals surface area contributed by atoms with Crippen LogP contribution in [0, 0.1) is 0 Å². The maximum Gasteiger partial charge on any atom is 0.181 e. The second-order valence-corrected chi connectivity index (χ2v) is 6.25. The minimum Gasteiger partial charge on any atom is -0.497 e. The van der Waals surface area contributed by atoms with Gasteiger partial charge >= 0.3 is 0 Å². The van der Waals surface area contributed by atoms with Gasteiger partial charge in [-0.3, -0.25) is 9.97 Å². The van der Waals surface area contributed by atoms with E-state index in [1.807, 2.05) is 42.5 Å². The minimum absolute atomic E-state index is 0.537. The van der Waals surface area contributed by atoms with Crippen molar-refractivity contribution in [2.24, 2.45) is 0 Å². The van der Waals surface area contributed by atoms with Crippen molar-refractivity contribution < 1.29 is 4.74 Å². The number of nitrogens with zero attached hydrogens (tertiary/aromatic N) is 3. The molecule has 0 radical (unpaired) electrons. The fourth-order valence-electron chi connectivity index (χ4n) is 2.58. The zero-order chi connectivity index (χ0) is 16.5. The Kier molecular flexibility index (Phi) is 3.59. The molecule has 5 nitrogen and oxygen atoms in total. The standard InChI is InChI=1S/C18H14N4OS/c1-23-13-5-2-11(3-6-13)16-17(24-18(19)22-16)12-4-7-14-15(10-12)21-9-8-20-14/h2-10H,1H3,(H2,19,22). The lowest BCUT2D eigenvalue weighted by atomic mass is 10.1. The highest BCUT2D eigenvalue weighted by Gasteiger charge is 2.14. The van der Waals surface area contributed by atoms with Gasteiger partial charge in [0.15, 0.2) is 5.13 Å². The number of rotatable bonds is 3. The number of anilines is 1. The van der Waals surface area contributed by atoms with Crippen molar-refractivity contribution in [1.82, 2.24) is 15.0 Å². The van der Waals surface area contributed by atoms with Gasteiger partial charge in [0.2, 0.25) is 0 Å². The Hall–Kier alpha value is -2.99. The number of ether oxygens (including phenoxy) is 1. The van der Waals surface area contributed by atoms with E-state index >= 15 is 0 Å². The molecule has 0 bridgehead atoms. The van der Waals surface area contributed by atoms with Crippen molar-refractivity contribution in [3.05, 3.63) is 54.9 Å². The second kappa shape index (κ2) is 5.90. The number of nitrogen functional groups attached to an aromatic ring is 1. The van der Waals surface area contributed by atoms with Gasteiger partial charge in [0, 0.05) is 18.0 Å². The molecule has 24 heavy (non-hydrogen) atoms. The molecule has 0 saturated heterocycles. The molecule has 4 aromatic rings. The lowest BCUT2D eigenvalue weighted by molar-refractivity contribution is 0.415. The topological polar surface area (TPSA) is 73.9 Å². The number of methoxy groups -OCH3 is 1. The van der Waals surface area contributed by atoms with Crippen LogP contribution in [0.2, 0.25) is 0 Å². The highest BCUT2D eigenvalue weighted by atomic mass is 32.1. The average molecular weight is 334 g/mol. The summed E-state index contributed by atoms with van der Waals surface area (Å²) in [6.07, 6.45) is 3.38. The van der Waals surface area contributed by atoms with E-state index in [0.717, 1.165) is 38.5 Å². The predicted molar refractivity (Wildman–Crippen MR) is 97.0 cm³/mol. The van der Waals surface area contributed by atoms with Crippen molar-refractivity contribution in [3.63, 3.8) is 0 Å². The van der Waals surface area contributed by atoms with Crippen molar-refractivity contribution >= 4 is 27.5 Å². The van der Waals surface area contributed by atoms with E-state index in [2.05, 4.69) is 15.0 Å². The molecule has 6 heteroatoms. The molecule has 4 rings (SSSR count). The van der Waals surface area contributed by atoms with E-state index in [9.17, 15) is 0 Å². The van der Waals surface area contributed by atoms with E-state index < -0.39 is 0 Å². The number of fused-ring (bicyclic) bond motifs is 1. The summed E-state index contributed by atoms with van der Waals surface area (Å²) in [6.45, 7) is 0. The van der Waals surface area contributed by atoms with Gasteiger partial charge in [0.1, 0.15) is 5.75 Å². The number of thiazole rings is 1. The summed E-state index contributed by atoms with van der Waals surface area (Å²) in [7, 11) is 1.65. The monoisotopic (exact) mass is 334 g/mol. The van der Waals surface area contributed by atoms with Gasteiger partial charge in [-0.1, -0.05) is 17.4 Å². The molecule has 0 unspecified atom stereocenters. The van der Waals surface area contributed by atoms with Gasteiger partial charge in [0.25, 0.3) is 0 Å². The summed E-state index contributed by atoms with van der Waals surface area (Å²) >= 11 is 1.47. The third-order valence-corrected chi connectivity index (χ3v) is 4.67. The van der Waals surface area contributed by atoms with Crippen LogP contribution in [0.25, 0.3) is 32.7 Å². The van der Waals surface area contributed by atoms with Crippen LogP contribution in [0.3, 0.4) is 0 Å². The van der Waals surface area contributed by atoms with Crippen LogP contribution in [-0.2, 0) is 0 Å². The third kappa shape index (κ3) is 2.57. The van der Waals surface area contributed by atoms with Crippen molar-refractivity contribution in [3.8, 4) is 27.4 Å². The Morgan fingerprint density at radius 1 is 0.917 bits per heavy atom. The molecular formula is C18H14N4OS. The Balaban J connectivity index is 1.85. The molecule has 2 N–H and O–H groups in total. The fourth-order valence-corrected chi connectivity index (χ4v) is 3.43. The van der Waals surface area contributed by atoms with Crippen LogP contribution in [0.15, 0.2) is 54.9 Å². The Labute approximate surface area is 142 Å². The SMILES string of the molecule is COc1ccc(-c2nc(N)sc2-c2ccc3nccnc3c2)cc1. The van der Waals surface area contributed by atoms with Gasteiger partial charge < -0.3 is 10.5 Å². The molecular weight excluding hydrogens is 320 g/mol. The first-order valence-electron chi connectivity index (χ1n) is 7.36. The summed E-state index contributed by atoms with van der Waals surface area (Å²) in [5, 5.41) is 0.537. The first-order chi connectivity index (χ1) is 11.7. The van der Waals surface area contributed by atoms with Crippen LogP contribution in [0.5, 0.6) is 5.75 Å². The summed E-state index contributed by atoms with van der Waals surface area (Å²) < 4.78 is 5.22. The third-order valence-electron chi connectivity index (χ3n) is 3.74. The number of aromatic nitrogens is 3. The first kappa shape index (κ1) is 14.6. The summed E-state index contributed by atoms with van der Waals surface area (Å²) in [6, 6.07) is 13.8. The molecule has 0 fully saturated rings. The highest BCUT2D eigenvalue weighted by molar-refractivity contribution is 7.19. The number of nitrogens with two attached hydrogens (primary N) is 1. The Morgan fingerprint density at radius 2 is 1.62 bits per heavy atom. The van der Waals surface area contributed by atoms with Crippen LogP contribution in [0.1, 0.15) is 0 Å². The molecule has 0 aliphatic carbocycles. The molecule has 0 aliphatic rings. The molecule has 2 aromatic carbocycles. The van der Waals surface area contributed by atoms with Crippen molar-refractivity contribution in [1.29, 1.82) is 0 Å². The fraction of sp³-hybridized carbons (Fsp3) is 0.0556. The molecule has 118 valence electrons. The van der Waals surface area contributed by atoms with Crippen LogP contribution >= 0.6 is 11.3 Å². The largest absolute Gasteiger partial charge is 0.497 e. The van der Waals surface area contributed by atoms with E-state index in [1.165, 1.54) is 11.3 Å². The number of hydrogen-bond acceptors (Lipinski definition) is 6. The van der Waals surface area contributed by atoms with E-state index in [0.29, 0.717) is 5.13 Å². The number of benzene rings is 2. The maximum absolute atomic E-state index is 5.98. The number of hydrogen-bond donors (Lipinski definition) is 1. The molecule has 0 aliphatic heterocycles. The molecule has 0 amide bonds. The Bertz CT molecular complexity index is 1010. The summed E-state index contributed by atoms with van der Waals surface area (Å²) in [5.74, 6) is 0.810. The van der Waals surface area contributed by atoms with E-state index in [1.54, 1.807) is 19.5 Å². The van der Waals surface area contributed by atoms with E-state index in [-0.39, 0.29) is 0 Å². The van der Waals surface area contributed by atoms with Gasteiger partial charge in [-0.15, -0.1) is 0 Å². The van der Waals surface area contributed by atoms with E-state index in [4.69, 9.17) is 10.5 Å².